The maximum Gasteiger partial charge on any atom is 0.119 e. The van der Waals surface area contributed by atoms with Crippen LogP contribution in [0.1, 0.15) is 39.5 Å². The van der Waals surface area contributed by atoms with Gasteiger partial charge in [0.15, 0.2) is 0 Å². The van der Waals surface area contributed by atoms with E-state index in [4.69, 9.17) is 4.74 Å². The Morgan fingerprint density at radius 3 is 2.00 bits per heavy atom. The second kappa shape index (κ2) is 5.68. The van der Waals surface area contributed by atoms with Crippen molar-refractivity contribution in [3.8, 4) is 5.75 Å². The van der Waals surface area contributed by atoms with E-state index in [1.807, 2.05) is 32.0 Å². The average molecular weight is 270 g/mol. The molecule has 2 aromatic rings. The summed E-state index contributed by atoms with van der Waals surface area (Å²) in [6.45, 7) is 8.21. The Morgan fingerprint density at radius 2 is 1.40 bits per heavy atom. The number of ether oxygens (including phenoxy) is 1. The van der Waals surface area contributed by atoms with Crippen molar-refractivity contribution in [3.05, 3.63) is 63.7 Å². The first-order valence-electron chi connectivity index (χ1n) is 6.84. The molecule has 106 valence electrons. The van der Waals surface area contributed by atoms with Crippen LogP contribution in [0.3, 0.4) is 0 Å². The van der Waals surface area contributed by atoms with Crippen LogP contribution in [0.4, 0.5) is 0 Å². The molecule has 0 amide bonds. The number of aliphatic hydroxyl groups is 1. The minimum atomic E-state index is -0.597. The van der Waals surface area contributed by atoms with Crippen LogP contribution in [0.5, 0.6) is 5.75 Å². The zero-order valence-corrected chi connectivity index (χ0v) is 12.8. The van der Waals surface area contributed by atoms with Gasteiger partial charge in [-0.3, -0.25) is 0 Å². The van der Waals surface area contributed by atoms with Gasteiger partial charge in [-0.25, -0.2) is 0 Å². The average Bonchev–Trinajstić information content (AvgIpc) is 2.42. The summed E-state index contributed by atoms with van der Waals surface area (Å²) >= 11 is 0. The molecule has 0 bridgehead atoms. The first kappa shape index (κ1) is 14.6. The Balaban J connectivity index is 2.46. The minimum Gasteiger partial charge on any atom is -0.497 e. The number of aryl methyl sites for hydroxylation is 4. The van der Waals surface area contributed by atoms with E-state index in [-0.39, 0.29) is 0 Å². The molecule has 2 nitrogen and oxygen atoms in total. The van der Waals surface area contributed by atoms with E-state index in [1.165, 1.54) is 11.1 Å². The molecule has 0 heterocycles. The highest BCUT2D eigenvalue weighted by Gasteiger charge is 2.16. The van der Waals surface area contributed by atoms with Crippen molar-refractivity contribution >= 4 is 0 Å². The van der Waals surface area contributed by atoms with Crippen molar-refractivity contribution in [2.75, 3.05) is 7.11 Å². The van der Waals surface area contributed by atoms with Crippen LogP contribution < -0.4 is 4.74 Å². The van der Waals surface area contributed by atoms with E-state index in [2.05, 4.69) is 26.0 Å². The van der Waals surface area contributed by atoms with Gasteiger partial charge in [0, 0.05) is 0 Å². The maximum absolute atomic E-state index is 10.7. The van der Waals surface area contributed by atoms with Gasteiger partial charge in [-0.2, -0.15) is 0 Å². The summed E-state index contributed by atoms with van der Waals surface area (Å²) in [7, 11) is 1.65. The number of rotatable bonds is 3. The molecule has 0 aliphatic rings. The first-order chi connectivity index (χ1) is 9.43. The molecule has 0 saturated carbocycles. The first-order valence-corrected chi connectivity index (χ1v) is 6.84. The summed E-state index contributed by atoms with van der Waals surface area (Å²) in [6.07, 6.45) is -0.597. The van der Waals surface area contributed by atoms with Gasteiger partial charge in [0.2, 0.25) is 0 Å². The fourth-order valence-corrected chi connectivity index (χ4v) is 2.53. The number of benzene rings is 2. The van der Waals surface area contributed by atoms with Crippen LogP contribution in [0.15, 0.2) is 30.3 Å². The highest BCUT2D eigenvalue weighted by molar-refractivity contribution is 5.44. The molecule has 1 N–H and O–H groups in total. The molecular formula is C18H22O2. The largest absolute Gasteiger partial charge is 0.497 e. The third-order valence-corrected chi connectivity index (χ3v) is 3.95. The zero-order valence-electron chi connectivity index (χ0n) is 12.8. The molecular weight excluding hydrogens is 248 g/mol. The highest BCUT2D eigenvalue weighted by atomic mass is 16.5. The molecule has 0 fully saturated rings. The minimum absolute atomic E-state index is 0.597. The Morgan fingerprint density at radius 1 is 0.800 bits per heavy atom. The Hall–Kier alpha value is -1.80. The Kier molecular flexibility index (Phi) is 4.15. The van der Waals surface area contributed by atoms with Crippen LogP contribution in [0.25, 0.3) is 0 Å². The number of hydrogen-bond donors (Lipinski definition) is 1. The van der Waals surface area contributed by atoms with Crippen molar-refractivity contribution in [1.82, 2.24) is 0 Å². The van der Waals surface area contributed by atoms with Crippen molar-refractivity contribution < 1.29 is 9.84 Å². The van der Waals surface area contributed by atoms with Gasteiger partial charge in [-0.15, -0.1) is 0 Å². The molecule has 0 saturated heterocycles. The van der Waals surface area contributed by atoms with E-state index < -0.39 is 6.10 Å². The molecule has 0 aliphatic carbocycles. The van der Waals surface area contributed by atoms with Crippen molar-refractivity contribution in [2.45, 2.75) is 33.8 Å². The van der Waals surface area contributed by atoms with Gasteiger partial charge in [-0.05, 0) is 73.2 Å². The topological polar surface area (TPSA) is 29.5 Å². The number of methoxy groups -OCH3 is 1. The molecule has 20 heavy (non-hydrogen) atoms. The van der Waals surface area contributed by atoms with Crippen LogP contribution >= 0.6 is 0 Å². The molecule has 1 unspecified atom stereocenters. The lowest BCUT2D eigenvalue weighted by Gasteiger charge is -2.18. The smallest absolute Gasteiger partial charge is 0.119 e. The zero-order chi connectivity index (χ0) is 14.9. The number of aliphatic hydroxyl groups excluding tert-OH is 1. The summed E-state index contributed by atoms with van der Waals surface area (Å²) in [5.41, 5.74) is 6.52. The van der Waals surface area contributed by atoms with E-state index in [1.54, 1.807) is 7.11 Å². The monoisotopic (exact) mass is 270 g/mol. The standard InChI is InChI=1S/C18H22O2/c1-11-8-13(3)17(10-12(11)2)18(19)16-7-6-15(20-5)9-14(16)4/h6-10,18-19H,1-5H3. The van der Waals surface area contributed by atoms with Crippen LogP contribution in [-0.2, 0) is 0 Å². The molecule has 0 radical (unpaired) electrons. The second-order valence-corrected chi connectivity index (χ2v) is 5.42. The molecule has 2 rings (SSSR count). The van der Waals surface area contributed by atoms with Crippen molar-refractivity contribution in [2.24, 2.45) is 0 Å². The molecule has 1 atom stereocenters. The van der Waals surface area contributed by atoms with Gasteiger partial charge in [0.25, 0.3) is 0 Å². The summed E-state index contributed by atoms with van der Waals surface area (Å²) in [5.74, 6) is 0.815. The lowest BCUT2D eigenvalue weighted by Crippen LogP contribution is -2.05. The van der Waals surface area contributed by atoms with Gasteiger partial charge < -0.3 is 9.84 Å². The third kappa shape index (κ3) is 2.70. The van der Waals surface area contributed by atoms with Gasteiger partial charge >= 0.3 is 0 Å². The van der Waals surface area contributed by atoms with Crippen molar-refractivity contribution in [1.29, 1.82) is 0 Å². The number of hydrogen-bond acceptors (Lipinski definition) is 2. The van der Waals surface area contributed by atoms with Gasteiger partial charge in [-0.1, -0.05) is 18.2 Å². The third-order valence-electron chi connectivity index (χ3n) is 3.95. The van der Waals surface area contributed by atoms with E-state index in [9.17, 15) is 5.11 Å². The Labute approximate surface area is 121 Å². The van der Waals surface area contributed by atoms with Gasteiger partial charge in [0.1, 0.15) is 11.9 Å². The summed E-state index contributed by atoms with van der Waals surface area (Å²) in [5, 5.41) is 10.7. The quantitative estimate of drug-likeness (QED) is 0.913. The van der Waals surface area contributed by atoms with E-state index >= 15 is 0 Å². The normalized spacial score (nSPS) is 12.3. The summed E-state index contributed by atoms with van der Waals surface area (Å²) in [4.78, 5) is 0. The Bertz CT molecular complexity index is 630. The van der Waals surface area contributed by atoms with Crippen LogP contribution in [0, 0.1) is 27.7 Å². The SMILES string of the molecule is COc1ccc(C(O)c2cc(C)c(C)cc2C)c(C)c1. The lowest BCUT2D eigenvalue weighted by atomic mass is 9.91. The molecule has 0 aliphatic heterocycles. The lowest BCUT2D eigenvalue weighted by molar-refractivity contribution is 0.218. The summed E-state index contributed by atoms with van der Waals surface area (Å²) in [6, 6.07) is 10.00. The highest BCUT2D eigenvalue weighted by Crippen LogP contribution is 2.30. The predicted molar refractivity (Wildman–Crippen MR) is 82.4 cm³/mol. The summed E-state index contributed by atoms with van der Waals surface area (Å²) < 4.78 is 5.21. The molecule has 2 heteroatoms. The van der Waals surface area contributed by atoms with Crippen molar-refractivity contribution in [3.63, 3.8) is 0 Å². The fourth-order valence-electron chi connectivity index (χ4n) is 2.53. The van der Waals surface area contributed by atoms with Crippen LogP contribution in [0.2, 0.25) is 0 Å². The van der Waals surface area contributed by atoms with E-state index in [0.717, 1.165) is 28.0 Å². The second-order valence-electron chi connectivity index (χ2n) is 5.42. The maximum atomic E-state index is 10.7. The van der Waals surface area contributed by atoms with Crippen LogP contribution in [-0.4, -0.2) is 12.2 Å². The molecule has 0 aromatic heterocycles. The molecule has 0 spiro atoms. The fraction of sp³-hybridized carbons (Fsp3) is 0.333. The van der Waals surface area contributed by atoms with Gasteiger partial charge in [0.05, 0.1) is 7.11 Å². The predicted octanol–water partition coefficient (Wildman–Crippen LogP) is 4.01. The molecule has 2 aromatic carbocycles. The van der Waals surface area contributed by atoms with E-state index in [0.29, 0.717) is 0 Å².